The molecule has 0 heterocycles. The van der Waals surface area contributed by atoms with E-state index in [1.165, 1.54) is 17.0 Å². The van der Waals surface area contributed by atoms with Crippen LogP contribution in [0.25, 0.3) is 0 Å². The molecule has 2 rings (SSSR count). The second-order valence-electron chi connectivity index (χ2n) is 4.15. The van der Waals surface area contributed by atoms with Crippen molar-refractivity contribution >= 4 is 23.2 Å². The SMILES string of the molecule is CN(C(=O)c1ccc(F)cc1Cl)c1cccc(C#N)c1. The van der Waals surface area contributed by atoms with Gasteiger partial charge in [-0.05, 0) is 36.4 Å². The molecule has 0 spiro atoms. The van der Waals surface area contributed by atoms with Crippen LogP contribution in [-0.4, -0.2) is 13.0 Å². The predicted octanol–water partition coefficient (Wildman–Crippen LogP) is 3.63. The first-order chi connectivity index (χ1) is 9.52. The quantitative estimate of drug-likeness (QED) is 0.847. The summed E-state index contributed by atoms with van der Waals surface area (Å²) in [5.74, 6) is -0.870. The molecular formula is C15H10ClFN2O. The Hall–Kier alpha value is -2.38. The summed E-state index contributed by atoms with van der Waals surface area (Å²) in [4.78, 5) is 13.7. The van der Waals surface area contributed by atoms with Crippen LogP contribution in [0.1, 0.15) is 15.9 Å². The molecule has 0 saturated heterocycles. The molecule has 2 aromatic carbocycles. The molecule has 0 N–H and O–H groups in total. The summed E-state index contributed by atoms with van der Waals surface area (Å²) < 4.78 is 13.0. The van der Waals surface area contributed by atoms with Gasteiger partial charge in [-0.25, -0.2) is 4.39 Å². The summed E-state index contributed by atoms with van der Waals surface area (Å²) in [6.45, 7) is 0. The van der Waals surface area contributed by atoms with Gasteiger partial charge in [-0.15, -0.1) is 0 Å². The number of carbonyl (C=O) groups is 1. The normalized spacial score (nSPS) is 9.90. The lowest BCUT2D eigenvalue weighted by atomic mass is 10.1. The van der Waals surface area contributed by atoms with Gasteiger partial charge in [0.1, 0.15) is 5.82 Å². The number of benzene rings is 2. The van der Waals surface area contributed by atoms with Crippen molar-refractivity contribution in [3.63, 3.8) is 0 Å². The van der Waals surface area contributed by atoms with Gasteiger partial charge in [-0.1, -0.05) is 17.7 Å². The summed E-state index contributed by atoms with van der Waals surface area (Å²) >= 11 is 5.87. The fourth-order valence-electron chi connectivity index (χ4n) is 1.74. The van der Waals surface area contributed by atoms with E-state index < -0.39 is 5.82 Å². The van der Waals surface area contributed by atoms with Crippen molar-refractivity contribution in [1.29, 1.82) is 5.26 Å². The van der Waals surface area contributed by atoms with Crippen LogP contribution in [0.2, 0.25) is 5.02 Å². The Labute approximate surface area is 120 Å². The molecule has 0 unspecified atom stereocenters. The van der Waals surface area contributed by atoms with Crippen LogP contribution in [-0.2, 0) is 0 Å². The van der Waals surface area contributed by atoms with Crippen LogP contribution < -0.4 is 4.90 Å². The fraction of sp³-hybridized carbons (Fsp3) is 0.0667. The molecule has 0 bridgehead atoms. The minimum atomic E-state index is -0.499. The first kappa shape index (κ1) is 14.0. The Bertz CT molecular complexity index is 709. The zero-order valence-corrected chi connectivity index (χ0v) is 11.4. The molecule has 2 aromatic rings. The van der Waals surface area contributed by atoms with E-state index in [2.05, 4.69) is 0 Å². The minimum absolute atomic E-state index is 0.0540. The first-order valence-corrected chi connectivity index (χ1v) is 6.14. The number of amides is 1. The predicted molar refractivity (Wildman–Crippen MR) is 75.3 cm³/mol. The number of halogens is 2. The van der Waals surface area contributed by atoms with Gasteiger partial charge in [0, 0.05) is 12.7 Å². The number of nitriles is 1. The maximum Gasteiger partial charge on any atom is 0.259 e. The Morgan fingerprint density at radius 2 is 2.05 bits per heavy atom. The molecule has 5 heteroatoms. The minimum Gasteiger partial charge on any atom is -0.311 e. The molecule has 0 aliphatic carbocycles. The highest BCUT2D eigenvalue weighted by Gasteiger charge is 2.17. The van der Waals surface area contributed by atoms with Crippen molar-refractivity contribution in [3.05, 3.63) is 64.4 Å². The van der Waals surface area contributed by atoms with E-state index in [9.17, 15) is 9.18 Å². The Kier molecular flexibility index (Phi) is 4.02. The lowest BCUT2D eigenvalue weighted by Gasteiger charge is -2.18. The largest absolute Gasteiger partial charge is 0.311 e. The average Bonchev–Trinajstić information content (AvgIpc) is 2.46. The molecule has 1 amide bonds. The molecule has 0 aliphatic rings. The van der Waals surface area contributed by atoms with Crippen LogP contribution >= 0.6 is 11.6 Å². The molecular weight excluding hydrogens is 279 g/mol. The van der Waals surface area contributed by atoms with Crippen molar-refractivity contribution in [2.24, 2.45) is 0 Å². The van der Waals surface area contributed by atoms with Crippen molar-refractivity contribution in [2.45, 2.75) is 0 Å². The van der Waals surface area contributed by atoms with Gasteiger partial charge in [0.2, 0.25) is 0 Å². The zero-order chi connectivity index (χ0) is 14.7. The lowest BCUT2D eigenvalue weighted by Crippen LogP contribution is -2.26. The van der Waals surface area contributed by atoms with Gasteiger partial charge >= 0.3 is 0 Å². The number of hydrogen-bond donors (Lipinski definition) is 0. The number of nitrogens with zero attached hydrogens (tertiary/aromatic N) is 2. The zero-order valence-electron chi connectivity index (χ0n) is 10.6. The molecule has 0 radical (unpaired) electrons. The highest BCUT2D eigenvalue weighted by molar-refractivity contribution is 6.34. The fourth-order valence-corrected chi connectivity index (χ4v) is 1.99. The van der Waals surface area contributed by atoms with Crippen LogP contribution in [0, 0.1) is 17.1 Å². The van der Waals surface area contributed by atoms with E-state index in [0.717, 1.165) is 6.07 Å². The maximum absolute atomic E-state index is 13.0. The van der Waals surface area contributed by atoms with Crippen molar-refractivity contribution in [3.8, 4) is 6.07 Å². The third-order valence-electron chi connectivity index (χ3n) is 2.83. The van der Waals surface area contributed by atoms with Gasteiger partial charge in [0.25, 0.3) is 5.91 Å². The van der Waals surface area contributed by atoms with E-state index >= 15 is 0 Å². The molecule has 3 nitrogen and oxygen atoms in total. The van der Waals surface area contributed by atoms with E-state index in [4.69, 9.17) is 16.9 Å². The average molecular weight is 289 g/mol. The van der Waals surface area contributed by atoms with Crippen LogP contribution in [0.4, 0.5) is 10.1 Å². The summed E-state index contributed by atoms with van der Waals surface area (Å²) in [5, 5.41) is 8.91. The molecule has 0 saturated carbocycles. The van der Waals surface area contributed by atoms with Crippen molar-refractivity contribution < 1.29 is 9.18 Å². The first-order valence-electron chi connectivity index (χ1n) is 5.76. The molecule has 0 atom stereocenters. The van der Waals surface area contributed by atoms with E-state index in [1.54, 1.807) is 31.3 Å². The number of carbonyl (C=O) groups excluding carboxylic acids is 1. The highest BCUT2D eigenvalue weighted by Crippen LogP contribution is 2.22. The molecule has 0 aromatic heterocycles. The topological polar surface area (TPSA) is 44.1 Å². The van der Waals surface area contributed by atoms with Gasteiger partial charge in [0.15, 0.2) is 0 Å². The third-order valence-corrected chi connectivity index (χ3v) is 3.14. The second-order valence-corrected chi connectivity index (χ2v) is 4.56. The summed E-state index contributed by atoms with van der Waals surface area (Å²) in [6.07, 6.45) is 0. The maximum atomic E-state index is 13.0. The van der Waals surface area contributed by atoms with Crippen molar-refractivity contribution in [1.82, 2.24) is 0 Å². The van der Waals surface area contributed by atoms with E-state index in [-0.39, 0.29) is 16.5 Å². The van der Waals surface area contributed by atoms with E-state index in [0.29, 0.717) is 11.3 Å². The molecule has 0 fully saturated rings. The van der Waals surface area contributed by atoms with E-state index in [1.807, 2.05) is 6.07 Å². The van der Waals surface area contributed by atoms with Gasteiger partial charge in [-0.3, -0.25) is 4.79 Å². The second kappa shape index (κ2) is 5.72. The Morgan fingerprint density at radius 1 is 1.30 bits per heavy atom. The van der Waals surface area contributed by atoms with Crippen molar-refractivity contribution in [2.75, 3.05) is 11.9 Å². The summed E-state index contributed by atoms with van der Waals surface area (Å²) in [6, 6.07) is 12.2. The smallest absolute Gasteiger partial charge is 0.259 e. The lowest BCUT2D eigenvalue weighted by molar-refractivity contribution is 0.0993. The van der Waals surface area contributed by atoms with Gasteiger partial charge < -0.3 is 4.90 Å². The molecule has 20 heavy (non-hydrogen) atoms. The monoisotopic (exact) mass is 288 g/mol. The summed E-state index contributed by atoms with van der Waals surface area (Å²) in [7, 11) is 1.57. The molecule has 100 valence electrons. The number of rotatable bonds is 2. The highest BCUT2D eigenvalue weighted by atomic mass is 35.5. The standard InChI is InChI=1S/C15H10ClFN2O/c1-19(12-4-2-3-10(7-12)9-18)15(20)13-6-5-11(17)8-14(13)16/h2-8H,1H3. The number of anilines is 1. The number of hydrogen-bond acceptors (Lipinski definition) is 2. The third kappa shape index (κ3) is 2.79. The van der Waals surface area contributed by atoms with Crippen LogP contribution in [0.3, 0.4) is 0 Å². The van der Waals surface area contributed by atoms with Gasteiger partial charge in [-0.2, -0.15) is 5.26 Å². The van der Waals surface area contributed by atoms with Gasteiger partial charge in [0.05, 0.1) is 22.2 Å². The van der Waals surface area contributed by atoms with Crippen LogP contribution in [0.15, 0.2) is 42.5 Å². The Balaban J connectivity index is 2.35. The Morgan fingerprint density at radius 3 is 2.70 bits per heavy atom. The molecule has 0 aliphatic heterocycles. The van der Waals surface area contributed by atoms with Crippen LogP contribution in [0.5, 0.6) is 0 Å². The summed E-state index contributed by atoms with van der Waals surface area (Å²) in [5.41, 5.74) is 1.22.